The van der Waals surface area contributed by atoms with Crippen LogP contribution in [-0.4, -0.2) is 56.1 Å². The van der Waals surface area contributed by atoms with Crippen molar-refractivity contribution in [3.63, 3.8) is 0 Å². The number of carbonyl (C=O) groups is 1. The predicted octanol–water partition coefficient (Wildman–Crippen LogP) is 2.69. The maximum absolute atomic E-state index is 13.1. The van der Waals surface area contributed by atoms with Gasteiger partial charge in [-0.15, -0.1) is 0 Å². The summed E-state index contributed by atoms with van der Waals surface area (Å²) >= 11 is 0. The molecule has 1 fully saturated rings. The van der Waals surface area contributed by atoms with Crippen molar-refractivity contribution in [2.45, 2.75) is 42.5 Å². The van der Waals surface area contributed by atoms with Gasteiger partial charge in [0.25, 0.3) is 5.69 Å². The first-order valence-electron chi connectivity index (χ1n) is 9.95. The molecule has 0 saturated heterocycles. The van der Waals surface area contributed by atoms with Crippen LogP contribution >= 0.6 is 0 Å². The van der Waals surface area contributed by atoms with E-state index >= 15 is 0 Å². The number of benzene rings is 2. The van der Waals surface area contributed by atoms with E-state index in [0.717, 1.165) is 15.9 Å². The van der Waals surface area contributed by atoms with E-state index < -0.39 is 38.9 Å². The number of nitro benzene ring substituents is 1. The normalized spacial score (nSPS) is 20.8. The molecule has 32 heavy (non-hydrogen) atoms. The summed E-state index contributed by atoms with van der Waals surface area (Å²) in [5.41, 5.74) is 0.350. The third-order valence-electron chi connectivity index (χ3n) is 5.50. The Balaban J connectivity index is 1.68. The van der Waals surface area contributed by atoms with Gasteiger partial charge in [-0.2, -0.15) is 4.31 Å². The minimum atomic E-state index is -4.17. The van der Waals surface area contributed by atoms with Crippen molar-refractivity contribution in [2.24, 2.45) is 0 Å². The number of rotatable bonds is 8. The Morgan fingerprint density at radius 1 is 1.16 bits per heavy atom. The molecule has 3 rings (SSSR count). The quantitative estimate of drug-likeness (QED) is 0.471. The fraction of sp³-hybridized carbons (Fsp3) is 0.381. The van der Waals surface area contributed by atoms with Gasteiger partial charge in [0.05, 0.1) is 17.1 Å². The first-order chi connectivity index (χ1) is 15.2. The maximum atomic E-state index is 13.1. The van der Waals surface area contributed by atoms with E-state index in [1.807, 2.05) is 30.3 Å². The molecule has 10 nitrogen and oxygen atoms in total. The van der Waals surface area contributed by atoms with Crippen LogP contribution in [0, 0.1) is 10.1 Å². The van der Waals surface area contributed by atoms with Crippen LogP contribution in [0.5, 0.6) is 0 Å². The molecule has 1 aliphatic rings. The van der Waals surface area contributed by atoms with Crippen molar-refractivity contribution < 1.29 is 27.6 Å². The number of methoxy groups -OCH3 is 1. The SMILES string of the molecule is CO[C@@H]1C[C@H](NC(=O)OCc2ccccc2)C[C@@H]1N(C)S(=O)(=O)c1ccccc1[N+](=O)[O-]. The predicted molar refractivity (Wildman–Crippen MR) is 115 cm³/mol. The number of likely N-dealkylation sites (N-methyl/N-ethyl adjacent to an activating group) is 1. The molecule has 0 aliphatic heterocycles. The molecule has 1 N–H and O–H groups in total. The molecular formula is C21H25N3O7S. The number of para-hydroxylation sites is 1. The lowest BCUT2D eigenvalue weighted by atomic mass is 10.2. The van der Waals surface area contributed by atoms with Gasteiger partial charge >= 0.3 is 6.09 Å². The number of alkyl carbamates (subject to hydrolysis) is 1. The molecule has 0 aromatic heterocycles. The lowest BCUT2D eigenvalue weighted by Crippen LogP contribution is -2.42. The Morgan fingerprint density at radius 3 is 2.47 bits per heavy atom. The number of sulfonamides is 1. The molecule has 11 heteroatoms. The molecule has 2 aromatic carbocycles. The fourth-order valence-corrected chi connectivity index (χ4v) is 5.37. The standard InChI is InChI=1S/C21H25N3O7S/c1-23(32(28,29)20-11-7-6-10-17(20)24(26)27)18-12-16(13-19(18)30-2)22-21(25)31-14-15-8-4-3-5-9-15/h3-11,16,18-19H,12-14H2,1-2H3,(H,22,25)/t16-,18+,19-/m1/s1. The molecular weight excluding hydrogens is 438 g/mol. The van der Waals surface area contributed by atoms with Crippen LogP contribution < -0.4 is 5.32 Å². The van der Waals surface area contributed by atoms with E-state index in [2.05, 4.69) is 5.32 Å². The van der Waals surface area contributed by atoms with Gasteiger partial charge in [0, 0.05) is 26.3 Å². The summed E-state index contributed by atoms with van der Waals surface area (Å²) in [6, 6.07) is 13.4. The van der Waals surface area contributed by atoms with Crippen molar-refractivity contribution in [3.8, 4) is 0 Å². The van der Waals surface area contributed by atoms with Crippen LogP contribution in [0.1, 0.15) is 18.4 Å². The summed E-state index contributed by atoms with van der Waals surface area (Å²) in [7, 11) is -1.35. The van der Waals surface area contributed by atoms with Gasteiger partial charge in [-0.3, -0.25) is 10.1 Å². The minimum Gasteiger partial charge on any atom is -0.445 e. The first kappa shape index (κ1) is 23.6. The molecule has 2 aromatic rings. The maximum Gasteiger partial charge on any atom is 0.407 e. The average Bonchev–Trinajstić information content (AvgIpc) is 3.20. The third kappa shape index (κ3) is 5.23. The highest BCUT2D eigenvalue weighted by molar-refractivity contribution is 7.89. The Bertz CT molecular complexity index is 1060. The Morgan fingerprint density at radius 2 is 1.81 bits per heavy atom. The largest absolute Gasteiger partial charge is 0.445 e. The lowest BCUT2D eigenvalue weighted by Gasteiger charge is -2.27. The van der Waals surface area contributed by atoms with E-state index in [-0.39, 0.29) is 24.0 Å². The summed E-state index contributed by atoms with van der Waals surface area (Å²) in [4.78, 5) is 22.4. The van der Waals surface area contributed by atoms with Crippen LogP contribution in [0.2, 0.25) is 0 Å². The van der Waals surface area contributed by atoms with Gasteiger partial charge in [0.2, 0.25) is 10.0 Å². The minimum absolute atomic E-state index is 0.114. The Labute approximate surface area is 186 Å². The van der Waals surface area contributed by atoms with Gasteiger partial charge in [-0.25, -0.2) is 13.2 Å². The zero-order chi connectivity index (χ0) is 23.3. The summed E-state index contributed by atoms with van der Waals surface area (Å²) < 4.78 is 38.1. The van der Waals surface area contributed by atoms with E-state index in [9.17, 15) is 23.3 Å². The third-order valence-corrected chi connectivity index (χ3v) is 7.43. The molecule has 0 heterocycles. The Hall–Kier alpha value is -3.02. The van der Waals surface area contributed by atoms with Gasteiger partial charge < -0.3 is 14.8 Å². The number of carbonyl (C=O) groups excluding carboxylic acids is 1. The number of nitro groups is 1. The molecule has 0 spiro atoms. The average molecular weight is 464 g/mol. The number of ether oxygens (including phenoxy) is 2. The molecule has 3 atom stereocenters. The number of hydrogen-bond acceptors (Lipinski definition) is 7. The molecule has 0 unspecified atom stereocenters. The topological polar surface area (TPSA) is 128 Å². The number of nitrogens with one attached hydrogen (secondary N) is 1. The smallest absolute Gasteiger partial charge is 0.407 e. The summed E-state index contributed by atoms with van der Waals surface area (Å²) in [5.74, 6) is 0. The summed E-state index contributed by atoms with van der Waals surface area (Å²) in [6.07, 6.45) is -0.469. The van der Waals surface area contributed by atoms with Crippen LogP contribution in [0.4, 0.5) is 10.5 Å². The van der Waals surface area contributed by atoms with Gasteiger partial charge in [-0.05, 0) is 24.5 Å². The molecule has 1 aliphatic carbocycles. The second-order valence-electron chi connectivity index (χ2n) is 7.46. The van der Waals surface area contributed by atoms with E-state index in [1.54, 1.807) is 0 Å². The highest BCUT2D eigenvalue weighted by Crippen LogP contribution is 2.32. The highest BCUT2D eigenvalue weighted by Gasteiger charge is 2.43. The molecule has 1 amide bonds. The van der Waals surface area contributed by atoms with Crippen LogP contribution in [0.25, 0.3) is 0 Å². The first-order valence-corrected chi connectivity index (χ1v) is 11.4. The van der Waals surface area contributed by atoms with Crippen molar-refractivity contribution in [1.82, 2.24) is 9.62 Å². The van der Waals surface area contributed by atoms with Gasteiger partial charge in [0.15, 0.2) is 4.90 Å². The highest BCUT2D eigenvalue weighted by atomic mass is 32.2. The number of amides is 1. The van der Waals surface area contributed by atoms with Crippen molar-refractivity contribution in [3.05, 3.63) is 70.3 Å². The van der Waals surface area contributed by atoms with Crippen LogP contribution in [-0.2, 0) is 26.1 Å². The monoisotopic (exact) mass is 463 g/mol. The molecule has 0 radical (unpaired) electrons. The summed E-state index contributed by atoms with van der Waals surface area (Å²) in [6.45, 7) is 0.114. The van der Waals surface area contributed by atoms with Crippen molar-refractivity contribution >= 4 is 21.8 Å². The molecule has 0 bridgehead atoms. The van der Waals surface area contributed by atoms with Gasteiger partial charge in [-0.1, -0.05) is 42.5 Å². The second-order valence-corrected chi connectivity index (χ2v) is 9.43. The summed E-state index contributed by atoms with van der Waals surface area (Å²) in [5, 5.41) is 14.1. The van der Waals surface area contributed by atoms with Crippen molar-refractivity contribution in [2.75, 3.05) is 14.2 Å². The second kappa shape index (κ2) is 10.1. The van der Waals surface area contributed by atoms with E-state index in [0.29, 0.717) is 6.42 Å². The zero-order valence-corrected chi connectivity index (χ0v) is 18.5. The van der Waals surface area contributed by atoms with Crippen LogP contribution in [0.3, 0.4) is 0 Å². The molecule has 1 saturated carbocycles. The van der Waals surface area contributed by atoms with Crippen LogP contribution in [0.15, 0.2) is 59.5 Å². The number of nitrogens with zero attached hydrogens (tertiary/aromatic N) is 2. The van der Waals surface area contributed by atoms with Crippen molar-refractivity contribution in [1.29, 1.82) is 0 Å². The fourth-order valence-electron chi connectivity index (χ4n) is 3.82. The molecule has 172 valence electrons. The van der Waals surface area contributed by atoms with E-state index in [4.69, 9.17) is 9.47 Å². The van der Waals surface area contributed by atoms with Gasteiger partial charge in [0.1, 0.15) is 6.61 Å². The lowest BCUT2D eigenvalue weighted by molar-refractivity contribution is -0.387. The number of hydrogen-bond donors (Lipinski definition) is 1. The Kier molecular flexibility index (Phi) is 7.44. The zero-order valence-electron chi connectivity index (χ0n) is 17.7. The van der Waals surface area contributed by atoms with E-state index in [1.165, 1.54) is 32.4 Å².